The van der Waals surface area contributed by atoms with Crippen LogP contribution >= 0.6 is 11.3 Å². The molecule has 28 heavy (non-hydrogen) atoms. The highest BCUT2D eigenvalue weighted by Gasteiger charge is 2.26. The fourth-order valence-corrected chi connectivity index (χ4v) is 4.95. The second-order valence-electron chi connectivity index (χ2n) is 7.20. The molecule has 3 aromatic rings. The van der Waals surface area contributed by atoms with Gasteiger partial charge in [-0.05, 0) is 50.3 Å². The van der Waals surface area contributed by atoms with Crippen molar-refractivity contribution < 1.29 is 4.74 Å². The SMILES string of the molecule is CC#C[C@@H](CC)c1ccc2c(c1)CCC(c1sc(-c3ccccc3)nc1C)O2. The summed E-state index contributed by atoms with van der Waals surface area (Å²) >= 11 is 1.76. The number of hydrogen-bond donors (Lipinski definition) is 0. The lowest BCUT2D eigenvalue weighted by Crippen LogP contribution is -2.15. The molecule has 0 spiro atoms. The lowest BCUT2D eigenvalue weighted by Gasteiger charge is -2.26. The molecule has 4 rings (SSSR count). The number of benzene rings is 2. The van der Waals surface area contributed by atoms with Crippen LogP contribution in [0.1, 0.15) is 60.4 Å². The minimum Gasteiger partial charge on any atom is -0.485 e. The molecule has 1 aliphatic rings. The van der Waals surface area contributed by atoms with E-state index in [4.69, 9.17) is 9.72 Å². The molecular weight excluding hydrogens is 362 g/mol. The maximum atomic E-state index is 6.41. The minimum absolute atomic E-state index is 0.0886. The predicted molar refractivity (Wildman–Crippen MR) is 117 cm³/mol. The van der Waals surface area contributed by atoms with Crippen LogP contribution < -0.4 is 4.74 Å². The molecular formula is C25H25NOS. The molecule has 1 aliphatic heterocycles. The van der Waals surface area contributed by atoms with Gasteiger partial charge >= 0.3 is 0 Å². The van der Waals surface area contributed by atoms with E-state index in [2.05, 4.69) is 68.2 Å². The highest BCUT2D eigenvalue weighted by molar-refractivity contribution is 7.15. The van der Waals surface area contributed by atoms with Crippen LogP contribution in [0.4, 0.5) is 0 Å². The molecule has 3 heteroatoms. The normalized spacial score (nSPS) is 16.5. The van der Waals surface area contributed by atoms with Crippen molar-refractivity contribution in [3.05, 3.63) is 70.2 Å². The molecule has 1 aromatic heterocycles. The van der Waals surface area contributed by atoms with Crippen LogP contribution in [-0.4, -0.2) is 4.98 Å². The summed E-state index contributed by atoms with van der Waals surface area (Å²) in [5.41, 5.74) is 4.86. The van der Waals surface area contributed by atoms with Crippen molar-refractivity contribution in [2.75, 3.05) is 0 Å². The Labute approximate surface area is 171 Å². The number of nitrogens with zero attached hydrogens (tertiary/aromatic N) is 1. The lowest BCUT2D eigenvalue weighted by atomic mass is 9.92. The molecule has 142 valence electrons. The van der Waals surface area contributed by atoms with E-state index in [1.54, 1.807) is 11.3 Å². The molecule has 1 unspecified atom stereocenters. The summed E-state index contributed by atoms with van der Waals surface area (Å²) in [7, 11) is 0. The molecule has 2 atom stereocenters. The maximum Gasteiger partial charge on any atom is 0.135 e. The Balaban J connectivity index is 1.58. The van der Waals surface area contributed by atoms with E-state index in [9.17, 15) is 0 Å². The molecule has 0 N–H and O–H groups in total. The van der Waals surface area contributed by atoms with Gasteiger partial charge in [-0.15, -0.1) is 17.3 Å². The predicted octanol–water partition coefficient (Wildman–Crippen LogP) is 6.70. The molecule has 0 amide bonds. The van der Waals surface area contributed by atoms with Crippen LogP contribution in [0.25, 0.3) is 10.6 Å². The standard InChI is InChI=1S/C25H25NOS/c1-4-9-18(5-2)20-12-14-22-21(16-20)13-15-23(27-22)24-17(3)26-25(28-24)19-10-7-6-8-11-19/h6-8,10-12,14,16,18,23H,5,13,15H2,1-3H3/t18-,23?/m1/s1. The van der Waals surface area contributed by atoms with E-state index < -0.39 is 0 Å². The minimum atomic E-state index is 0.0886. The summed E-state index contributed by atoms with van der Waals surface area (Å²) in [5, 5.41) is 1.07. The summed E-state index contributed by atoms with van der Waals surface area (Å²) in [4.78, 5) is 6.05. The molecule has 2 heterocycles. The zero-order chi connectivity index (χ0) is 19.5. The molecule has 2 aromatic carbocycles. The van der Waals surface area contributed by atoms with E-state index in [0.29, 0.717) is 5.92 Å². The smallest absolute Gasteiger partial charge is 0.135 e. The first-order valence-electron chi connectivity index (χ1n) is 9.94. The zero-order valence-electron chi connectivity index (χ0n) is 16.7. The van der Waals surface area contributed by atoms with Gasteiger partial charge in [-0.1, -0.05) is 55.3 Å². The number of hydrogen-bond acceptors (Lipinski definition) is 3. The Bertz CT molecular complexity index is 1030. The van der Waals surface area contributed by atoms with Crippen molar-refractivity contribution in [1.82, 2.24) is 4.98 Å². The third-order valence-electron chi connectivity index (χ3n) is 5.30. The van der Waals surface area contributed by atoms with Gasteiger partial charge in [0, 0.05) is 11.5 Å². The lowest BCUT2D eigenvalue weighted by molar-refractivity contribution is 0.179. The maximum absolute atomic E-state index is 6.41. The molecule has 0 saturated heterocycles. The molecule has 0 radical (unpaired) electrons. The number of aromatic nitrogens is 1. The largest absolute Gasteiger partial charge is 0.485 e. The van der Waals surface area contributed by atoms with Gasteiger partial charge in [0.1, 0.15) is 16.9 Å². The van der Waals surface area contributed by atoms with E-state index in [-0.39, 0.29) is 6.10 Å². The average molecular weight is 388 g/mol. The Morgan fingerprint density at radius 1 is 1.21 bits per heavy atom. The van der Waals surface area contributed by atoms with Crippen molar-refractivity contribution in [3.8, 4) is 28.2 Å². The van der Waals surface area contributed by atoms with Crippen LogP contribution in [0, 0.1) is 18.8 Å². The van der Waals surface area contributed by atoms with Crippen molar-refractivity contribution in [1.29, 1.82) is 0 Å². The summed E-state index contributed by atoms with van der Waals surface area (Å²) < 4.78 is 6.41. The van der Waals surface area contributed by atoms with Crippen molar-refractivity contribution in [2.45, 2.75) is 52.1 Å². The van der Waals surface area contributed by atoms with Crippen LogP contribution in [-0.2, 0) is 6.42 Å². The summed E-state index contributed by atoms with van der Waals surface area (Å²) in [5.74, 6) is 7.70. The zero-order valence-corrected chi connectivity index (χ0v) is 17.5. The van der Waals surface area contributed by atoms with Gasteiger partial charge in [-0.25, -0.2) is 4.98 Å². The second-order valence-corrected chi connectivity index (χ2v) is 8.23. The Kier molecular flexibility index (Phi) is 5.50. The van der Waals surface area contributed by atoms with Gasteiger partial charge in [0.2, 0.25) is 0 Å². The van der Waals surface area contributed by atoms with Crippen LogP contribution in [0.5, 0.6) is 5.75 Å². The Hall–Kier alpha value is -2.57. The summed E-state index contributed by atoms with van der Waals surface area (Å²) in [6.07, 6.45) is 3.14. The Morgan fingerprint density at radius 3 is 2.79 bits per heavy atom. The highest BCUT2D eigenvalue weighted by Crippen LogP contribution is 2.41. The van der Waals surface area contributed by atoms with Crippen LogP contribution in [0.3, 0.4) is 0 Å². The molecule has 2 nitrogen and oxygen atoms in total. The molecule has 0 aliphatic carbocycles. The van der Waals surface area contributed by atoms with Crippen LogP contribution in [0.15, 0.2) is 48.5 Å². The fourth-order valence-electron chi connectivity index (χ4n) is 3.82. The first kappa shape index (κ1) is 18.8. The summed E-state index contributed by atoms with van der Waals surface area (Å²) in [6, 6.07) is 17.0. The Morgan fingerprint density at radius 2 is 2.04 bits per heavy atom. The first-order chi connectivity index (χ1) is 13.7. The van der Waals surface area contributed by atoms with E-state index >= 15 is 0 Å². The van der Waals surface area contributed by atoms with E-state index in [1.807, 2.05) is 13.0 Å². The highest BCUT2D eigenvalue weighted by atomic mass is 32.1. The van der Waals surface area contributed by atoms with Gasteiger partial charge < -0.3 is 4.74 Å². The van der Waals surface area contributed by atoms with E-state index in [1.165, 1.54) is 21.6 Å². The second kappa shape index (κ2) is 8.20. The van der Waals surface area contributed by atoms with E-state index in [0.717, 1.165) is 35.7 Å². The van der Waals surface area contributed by atoms with Crippen LogP contribution in [0.2, 0.25) is 0 Å². The molecule has 0 saturated carbocycles. The number of rotatable bonds is 4. The number of thiazole rings is 1. The van der Waals surface area contributed by atoms with Gasteiger partial charge in [0.25, 0.3) is 0 Å². The average Bonchev–Trinajstić information content (AvgIpc) is 3.13. The summed E-state index contributed by atoms with van der Waals surface area (Å²) in [6.45, 7) is 6.20. The van der Waals surface area contributed by atoms with Gasteiger partial charge in [0.15, 0.2) is 0 Å². The number of aryl methyl sites for hydroxylation is 2. The molecule has 0 bridgehead atoms. The van der Waals surface area contributed by atoms with Crippen molar-refractivity contribution >= 4 is 11.3 Å². The van der Waals surface area contributed by atoms with Gasteiger partial charge in [-0.3, -0.25) is 0 Å². The first-order valence-corrected chi connectivity index (χ1v) is 10.8. The number of ether oxygens (including phenoxy) is 1. The number of fused-ring (bicyclic) bond motifs is 1. The fraction of sp³-hybridized carbons (Fsp3) is 0.320. The van der Waals surface area contributed by atoms with Gasteiger partial charge in [-0.2, -0.15) is 0 Å². The molecule has 0 fully saturated rings. The third-order valence-corrected chi connectivity index (χ3v) is 6.60. The topological polar surface area (TPSA) is 22.1 Å². The third kappa shape index (κ3) is 3.70. The monoisotopic (exact) mass is 387 g/mol. The van der Waals surface area contributed by atoms with Gasteiger partial charge in [0.05, 0.1) is 10.6 Å². The van der Waals surface area contributed by atoms with Crippen molar-refractivity contribution in [3.63, 3.8) is 0 Å². The van der Waals surface area contributed by atoms with Crippen molar-refractivity contribution in [2.24, 2.45) is 0 Å². The quantitative estimate of drug-likeness (QED) is 0.465.